The first-order valence-electron chi connectivity index (χ1n) is 11.0. The minimum atomic E-state index is -3.52. The van der Waals surface area contributed by atoms with E-state index in [4.69, 9.17) is 8.92 Å². The molecule has 1 aromatic heterocycles. The van der Waals surface area contributed by atoms with Crippen molar-refractivity contribution in [2.45, 2.75) is 65.3 Å². The van der Waals surface area contributed by atoms with Gasteiger partial charge in [0.2, 0.25) is 0 Å². The second-order valence-corrected chi connectivity index (χ2v) is 10.3. The fraction of sp³-hybridized carbons (Fsp3) is 0.727. The van der Waals surface area contributed by atoms with E-state index >= 15 is 0 Å². The van der Waals surface area contributed by atoms with Crippen LogP contribution in [0.3, 0.4) is 0 Å². The number of carbonyl (C=O) groups is 1. The monoisotopic (exact) mass is 439 g/mol. The fourth-order valence-corrected chi connectivity index (χ4v) is 5.17. The molecular weight excluding hydrogens is 406 g/mol. The van der Waals surface area contributed by atoms with Crippen molar-refractivity contribution >= 4 is 16.1 Å². The number of nitrogens with zero attached hydrogens (tertiary/aromatic N) is 1. The van der Waals surface area contributed by atoms with Crippen molar-refractivity contribution in [1.82, 2.24) is 4.57 Å². The number of fused-ring (bicyclic) bond motifs is 1. The highest BCUT2D eigenvalue weighted by Crippen LogP contribution is 2.47. The summed E-state index contributed by atoms with van der Waals surface area (Å²) in [7, 11) is -3.52. The van der Waals surface area contributed by atoms with Crippen LogP contribution in [0.2, 0.25) is 0 Å². The normalized spacial score (nSPS) is 23.9. The van der Waals surface area contributed by atoms with E-state index < -0.39 is 16.1 Å². The molecule has 1 heterocycles. The lowest BCUT2D eigenvalue weighted by Gasteiger charge is -2.25. The van der Waals surface area contributed by atoms with Crippen LogP contribution in [0.15, 0.2) is 10.9 Å². The number of aromatic nitrogens is 1. The molecule has 8 heteroatoms. The summed E-state index contributed by atoms with van der Waals surface area (Å²) in [5.41, 5.74) is 1.71. The summed E-state index contributed by atoms with van der Waals surface area (Å²) in [6.07, 6.45) is 7.58. The third kappa shape index (κ3) is 5.72. The molecule has 2 aliphatic carbocycles. The molecular formula is C22H33NO6S. The Morgan fingerprint density at radius 3 is 2.63 bits per heavy atom. The zero-order valence-corrected chi connectivity index (χ0v) is 19.0. The van der Waals surface area contributed by atoms with E-state index in [1.807, 2.05) is 0 Å². The van der Waals surface area contributed by atoms with Gasteiger partial charge in [-0.25, -0.2) is 4.79 Å². The molecule has 3 atom stereocenters. The van der Waals surface area contributed by atoms with Crippen molar-refractivity contribution in [2.75, 3.05) is 19.5 Å². The number of esters is 1. The van der Waals surface area contributed by atoms with Crippen LogP contribution in [-0.2, 0) is 38.4 Å². The molecule has 2 aliphatic rings. The number of ether oxygens (including phenoxy) is 1. The molecule has 0 bridgehead atoms. The predicted octanol–water partition coefficient (Wildman–Crippen LogP) is 2.93. The third-order valence-corrected chi connectivity index (χ3v) is 6.95. The lowest BCUT2D eigenvalue weighted by Crippen LogP contribution is -2.32. The van der Waals surface area contributed by atoms with Crippen molar-refractivity contribution in [3.8, 4) is 0 Å². The van der Waals surface area contributed by atoms with Gasteiger partial charge in [-0.2, -0.15) is 8.42 Å². The Bertz CT molecular complexity index is 936. The van der Waals surface area contributed by atoms with E-state index in [-0.39, 0.29) is 24.3 Å². The highest BCUT2D eigenvalue weighted by Gasteiger charge is 2.39. The Labute approximate surface area is 178 Å². The number of aryl methyl sites for hydroxylation is 1. The number of carbonyl (C=O) groups excluding carboxylic acids is 1. The first-order chi connectivity index (χ1) is 14.2. The molecule has 30 heavy (non-hydrogen) atoms. The zero-order chi connectivity index (χ0) is 21.9. The SMILES string of the molecule is CCOC(=O)c1cc2c(n(CCCOS(C)(=O)=O)c1=O)CCC([C@H]1CC1C)CCC2. The van der Waals surface area contributed by atoms with E-state index in [1.54, 1.807) is 17.6 Å². The van der Waals surface area contributed by atoms with Crippen LogP contribution in [0.4, 0.5) is 0 Å². The molecule has 1 fully saturated rings. The molecule has 0 N–H and O–H groups in total. The summed E-state index contributed by atoms with van der Waals surface area (Å²) in [5, 5.41) is 0. The van der Waals surface area contributed by atoms with Crippen molar-refractivity contribution in [3.63, 3.8) is 0 Å². The van der Waals surface area contributed by atoms with Crippen molar-refractivity contribution in [3.05, 3.63) is 33.2 Å². The molecule has 0 amide bonds. The van der Waals surface area contributed by atoms with Gasteiger partial charge in [-0.1, -0.05) is 6.92 Å². The Kier molecular flexibility index (Phi) is 7.39. The quantitative estimate of drug-likeness (QED) is 0.351. The van der Waals surface area contributed by atoms with E-state index in [1.165, 1.54) is 12.8 Å². The molecule has 3 rings (SSSR count). The molecule has 168 valence electrons. The number of hydrogen-bond donors (Lipinski definition) is 0. The maximum absolute atomic E-state index is 13.1. The topological polar surface area (TPSA) is 91.7 Å². The lowest BCUT2D eigenvalue weighted by molar-refractivity contribution is 0.0523. The summed E-state index contributed by atoms with van der Waals surface area (Å²) in [6, 6.07) is 1.72. The lowest BCUT2D eigenvalue weighted by atomic mass is 9.85. The van der Waals surface area contributed by atoms with Crippen LogP contribution in [0.25, 0.3) is 0 Å². The Morgan fingerprint density at radius 2 is 2.00 bits per heavy atom. The number of pyridine rings is 1. The standard InChI is InChI=1S/C22H33NO6S/c1-4-28-22(25)19-14-17-8-5-7-16(18-13-15(18)2)9-10-20(17)23(21(19)24)11-6-12-29-30(3,26)27/h14-16,18H,4-13H2,1-3H3/t15?,16?,18-/m0/s1. The smallest absolute Gasteiger partial charge is 0.343 e. The van der Waals surface area contributed by atoms with E-state index in [0.29, 0.717) is 18.9 Å². The van der Waals surface area contributed by atoms with E-state index in [9.17, 15) is 18.0 Å². The second-order valence-electron chi connectivity index (χ2n) is 8.65. The Morgan fingerprint density at radius 1 is 1.27 bits per heavy atom. The Balaban J connectivity index is 1.88. The van der Waals surface area contributed by atoms with Gasteiger partial charge in [0.25, 0.3) is 15.7 Å². The summed E-state index contributed by atoms with van der Waals surface area (Å²) < 4.78 is 34.0. The molecule has 0 aliphatic heterocycles. The summed E-state index contributed by atoms with van der Waals surface area (Å²) in [4.78, 5) is 25.5. The van der Waals surface area contributed by atoms with Gasteiger partial charge in [0.05, 0.1) is 19.5 Å². The third-order valence-electron chi connectivity index (χ3n) is 6.36. The molecule has 7 nitrogen and oxygen atoms in total. The van der Waals surface area contributed by atoms with Gasteiger partial charge in [-0.15, -0.1) is 0 Å². The molecule has 0 aromatic carbocycles. The maximum Gasteiger partial charge on any atom is 0.343 e. The molecule has 0 spiro atoms. The second kappa shape index (κ2) is 9.64. The van der Waals surface area contributed by atoms with Gasteiger partial charge in [0.15, 0.2) is 0 Å². The summed E-state index contributed by atoms with van der Waals surface area (Å²) >= 11 is 0. The van der Waals surface area contributed by atoms with E-state index in [2.05, 4.69) is 6.92 Å². The van der Waals surface area contributed by atoms with Crippen LogP contribution in [0, 0.1) is 17.8 Å². The molecule has 2 unspecified atom stereocenters. The first kappa shape index (κ1) is 23.0. The van der Waals surface area contributed by atoms with Gasteiger partial charge < -0.3 is 9.30 Å². The fourth-order valence-electron chi connectivity index (χ4n) is 4.75. The first-order valence-corrected chi connectivity index (χ1v) is 12.8. The predicted molar refractivity (Wildman–Crippen MR) is 114 cm³/mol. The van der Waals surface area contributed by atoms with Crippen LogP contribution < -0.4 is 5.56 Å². The zero-order valence-electron chi connectivity index (χ0n) is 18.2. The number of hydrogen-bond acceptors (Lipinski definition) is 6. The molecule has 1 aromatic rings. The van der Waals surface area contributed by atoms with Gasteiger partial charge in [0.1, 0.15) is 5.56 Å². The highest BCUT2D eigenvalue weighted by atomic mass is 32.2. The number of rotatable bonds is 8. The van der Waals surface area contributed by atoms with Crippen molar-refractivity contribution in [1.29, 1.82) is 0 Å². The van der Waals surface area contributed by atoms with Gasteiger partial charge in [-0.05, 0) is 81.3 Å². The van der Waals surface area contributed by atoms with Gasteiger partial charge in [0, 0.05) is 12.2 Å². The van der Waals surface area contributed by atoms with Gasteiger partial charge in [-0.3, -0.25) is 8.98 Å². The Hall–Kier alpha value is -1.67. The molecule has 1 saturated carbocycles. The largest absolute Gasteiger partial charge is 0.462 e. The maximum atomic E-state index is 13.1. The van der Waals surface area contributed by atoms with Crippen LogP contribution in [0.5, 0.6) is 0 Å². The van der Waals surface area contributed by atoms with Crippen molar-refractivity contribution in [2.24, 2.45) is 17.8 Å². The minimum absolute atomic E-state index is 0.00585. The molecule has 0 saturated heterocycles. The average Bonchev–Trinajstić information content (AvgIpc) is 3.37. The highest BCUT2D eigenvalue weighted by molar-refractivity contribution is 7.85. The van der Waals surface area contributed by atoms with Crippen LogP contribution >= 0.6 is 0 Å². The summed E-state index contributed by atoms with van der Waals surface area (Å²) in [6.45, 7) is 4.55. The van der Waals surface area contributed by atoms with E-state index in [0.717, 1.165) is 55.0 Å². The van der Waals surface area contributed by atoms with Crippen LogP contribution in [0.1, 0.15) is 67.6 Å². The van der Waals surface area contributed by atoms with Crippen LogP contribution in [-0.4, -0.2) is 38.4 Å². The molecule has 0 radical (unpaired) electrons. The van der Waals surface area contributed by atoms with Gasteiger partial charge >= 0.3 is 5.97 Å². The minimum Gasteiger partial charge on any atom is -0.462 e. The van der Waals surface area contributed by atoms with Crippen molar-refractivity contribution < 1.29 is 22.1 Å². The average molecular weight is 440 g/mol. The summed E-state index contributed by atoms with van der Waals surface area (Å²) in [5.74, 6) is 1.69.